The number of hydrogen-bond donors (Lipinski definition) is 3. The maximum atomic E-state index is 14.4. The summed E-state index contributed by atoms with van der Waals surface area (Å²) in [6, 6.07) is 8.37. The Morgan fingerprint density at radius 1 is 1.10 bits per heavy atom. The maximum absolute atomic E-state index is 14.4. The SMILES string of the molecule is O=C(Nc1cnc(N2NC=CN2)c(Cl)c1)c1cnn(-c2cnc([C@H]3CCCO3)c3ccccc23)c1C(F)(F)F. The first-order valence-corrected chi connectivity index (χ1v) is 12.3. The Balaban J connectivity index is 1.36. The van der Waals surface area contributed by atoms with Crippen LogP contribution >= 0.6 is 11.6 Å². The lowest BCUT2D eigenvalue weighted by atomic mass is 10.0. The van der Waals surface area contributed by atoms with Gasteiger partial charge in [0.25, 0.3) is 5.91 Å². The molecule has 0 unspecified atom stereocenters. The number of carbonyl (C=O) groups is 1. The lowest BCUT2D eigenvalue weighted by molar-refractivity contribution is -0.143. The molecule has 14 heteroatoms. The van der Waals surface area contributed by atoms with Crippen LogP contribution in [0.25, 0.3) is 16.5 Å². The summed E-state index contributed by atoms with van der Waals surface area (Å²) in [7, 11) is 0. The first-order valence-electron chi connectivity index (χ1n) is 11.9. The predicted octanol–water partition coefficient (Wildman–Crippen LogP) is 4.89. The largest absolute Gasteiger partial charge is 0.434 e. The summed E-state index contributed by atoms with van der Waals surface area (Å²) in [6.07, 6.45) is 3.23. The number of hydrogen-bond acceptors (Lipinski definition) is 8. The zero-order valence-electron chi connectivity index (χ0n) is 20.0. The van der Waals surface area contributed by atoms with Crippen molar-refractivity contribution in [1.82, 2.24) is 30.6 Å². The molecule has 0 aliphatic carbocycles. The van der Waals surface area contributed by atoms with Crippen LogP contribution in [-0.2, 0) is 10.9 Å². The molecule has 4 aromatic rings. The predicted molar refractivity (Wildman–Crippen MR) is 137 cm³/mol. The Morgan fingerprint density at radius 3 is 2.56 bits per heavy atom. The lowest BCUT2D eigenvalue weighted by Gasteiger charge is -2.19. The van der Waals surface area contributed by atoms with E-state index in [4.69, 9.17) is 16.3 Å². The molecular weight excluding hydrogens is 537 g/mol. The molecule has 0 saturated carbocycles. The van der Waals surface area contributed by atoms with E-state index in [1.165, 1.54) is 23.6 Å². The average molecular weight is 557 g/mol. The summed E-state index contributed by atoms with van der Waals surface area (Å²) in [5, 5.41) is 9.13. The third-order valence-corrected chi connectivity index (χ3v) is 6.61. The summed E-state index contributed by atoms with van der Waals surface area (Å²) in [4.78, 5) is 21.7. The third kappa shape index (κ3) is 4.59. The Morgan fingerprint density at radius 2 is 1.87 bits per heavy atom. The number of rotatable bonds is 5. The highest BCUT2D eigenvalue weighted by Crippen LogP contribution is 2.38. The van der Waals surface area contributed by atoms with E-state index in [0.717, 1.165) is 19.0 Å². The maximum Gasteiger partial charge on any atom is 0.434 e. The molecule has 0 radical (unpaired) electrons. The highest BCUT2D eigenvalue weighted by Gasteiger charge is 2.41. The lowest BCUT2D eigenvalue weighted by Crippen LogP contribution is -2.38. The van der Waals surface area contributed by atoms with Crippen molar-refractivity contribution in [2.24, 2.45) is 0 Å². The number of carbonyl (C=O) groups excluding carboxylic acids is 1. The van der Waals surface area contributed by atoms with Gasteiger partial charge in [-0.3, -0.25) is 20.6 Å². The van der Waals surface area contributed by atoms with E-state index in [1.54, 1.807) is 36.7 Å². The van der Waals surface area contributed by atoms with Gasteiger partial charge in [-0.25, -0.2) is 9.67 Å². The molecule has 10 nitrogen and oxygen atoms in total. The van der Waals surface area contributed by atoms with E-state index in [-0.39, 0.29) is 22.5 Å². The fourth-order valence-electron chi connectivity index (χ4n) is 4.63. The molecule has 200 valence electrons. The van der Waals surface area contributed by atoms with Gasteiger partial charge in [-0.1, -0.05) is 35.9 Å². The van der Waals surface area contributed by atoms with Crippen LogP contribution < -0.4 is 21.3 Å². The van der Waals surface area contributed by atoms with Crippen LogP contribution in [0.15, 0.2) is 61.3 Å². The topological polar surface area (TPSA) is 109 Å². The molecule has 3 aromatic heterocycles. The highest BCUT2D eigenvalue weighted by atomic mass is 35.5. The Bertz CT molecular complexity index is 1590. The van der Waals surface area contributed by atoms with Crippen LogP contribution in [-0.4, -0.2) is 32.3 Å². The van der Waals surface area contributed by atoms with Crippen LogP contribution in [0.3, 0.4) is 0 Å². The van der Waals surface area contributed by atoms with Gasteiger partial charge in [-0.05, 0) is 18.9 Å². The van der Waals surface area contributed by atoms with Gasteiger partial charge < -0.3 is 10.1 Å². The van der Waals surface area contributed by atoms with E-state index in [0.29, 0.717) is 33.6 Å². The number of pyridine rings is 2. The third-order valence-electron chi connectivity index (χ3n) is 6.33. The first-order chi connectivity index (χ1) is 18.8. The van der Waals surface area contributed by atoms with Crippen molar-refractivity contribution in [2.75, 3.05) is 17.0 Å². The van der Waals surface area contributed by atoms with Crippen molar-refractivity contribution in [3.05, 3.63) is 83.3 Å². The molecule has 1 saturated heterocycles. The van der Waals surface area contributed by atoms with Gasteiger partial charge in [0.1, 0.15) is 6.10 Å². The molecule has 3 N–H and O–H groups in total. The molecule has 1 fully saturated rings. The van der Waals surface area contributed by atoms with Gasteiger partial charge in [0, 0.05) is 29.8 Å². The molecule has 5 heterocycles. The number of anilines is 2. The number of nitrogens with zero attached hydrogens (tertiary/aromatic N) is 5. The number of ether oxygens (including phenoxy) is 1. The average Bonchev–Trinajstić information content (AvgIpc) is 3.70. The number of hydrazine groups is 2. The van der Waals surface area contributed by atoms with Crippen LogP contribution in [0.2, 0.25) is 5.02 Å². The summed E-state index contributed by atoms with van der Waals surface area (Å²) in [5.74, 6) is -0.721. The number of nitrogens with one attached hydrogen (secondary N) is 3. The summed E-state index contributed by atoms with van der Waals surface area (Å²) >= 11 is 6.27. The van der Waals surface area contributed by atoms with E-state index in [1.807, 2.05) is 0 Å². The van der Waals surface area contributed by atoms with Gasteiger partial charge in [0.05, 0.1) is 46.2 Å². The second-order valence-electron chi connectivity index (χ2n) is 8.80. The van der Waals surface area contributed by atoms with Crippen LogP contribution in [0.1, 0.15) is 40.7 Å². The zero-order chi connectivity index (χ0) is 27.1. The molecule has 2 aliphatic heterocycles. The Kier molecular flexibility index (Phi) is 6.23. The van der Waals surface area contributed by atoms with Gasteiger partial charge in [-0.15, -0.1) is 0 Å². The summed E-state index contributed by atoms with van der Waals surface area (Å²) < 4.78 is 49.7. The Hall–Kier alpha value is -4.36. The van der Waals surface area contributed by atoms with Crippen LogP contribution in [0, 0.1) is 0 Å². The van der Waals surface area contributed by atoms with Gasteiger partial charge >= 0.3 is 6.18 Å². The summed E-state index contributed by atoms with van der Waals surface area (Å²) in [6.45, 7) is 0.602. The molecule has 39 heavy (non-hydrogen) atoms. The van der Waals surface area contributed by atoms with Crippen molar-refractivity contribution in [2.45, 2.75) is 25.1 Å². The van der Waals surface area contributed by atoms with Gasteiger partial charge in [0.15, 0.2) is 11.5 Å². The van der Waals surface area contributed by atoms with E-state index < -0.39 is 23.3 Å². The number of halogens is 4. The molecular formula is C25H20ClF3N8O2. The quantitative estimate of drug-likeness (QED) is 0.319. The van der Waals surface area contributed by atoms with Gasteiger partial charge in [0.2, 0.25) is 0 Å². The fraction of sp³-hybridized carbons (Fsp3) is 0.200. The standard InChI is InChI=1S/C25H20ClF3N8O2/c26-18-10-14(11-31-23(18)37-32-7-8-33-37)35-24(38)17-12-34-36(22(17)25(27,28)29)19-13-30-21(20-6-3-9-39-20)16-5-2-1-4-15(16)19/h1-2,4-5,7-8,10-13,20,32-33H,3,6,9H2,(H,35,38)/t20-/m1/s1. The number of aromatic nitrogens is 4. The first kappa shape index (κ1) is 24.9. The Labute approximate surface area is 224 Å². The molecule has 1 amide bonds. The molecule has 1 atom stereocenters. The molecule has 0 spiro atoms. The minimum atomic E-state index is -4.91. The van der Waals surface area contributed by atoms with E-state index >= 15 is 0 Å². The number of alkyl halides is 3. The zero-order valence-corrected chi connectivity index (χ0v) is 20.8. The van der Waals surface area contributed by atoms with E-state index in [9.17, 15) is 18.0 Å². The second-order valence-corrected chi connectivity index (χ2v) is 9.21. The molecule has 1 aromatic carbocycles. The van der Waals surface area contributed by atoms with Crippen molar-refractivity contribution >= 4 is 39.8 Å². The highest BCUT2D eigenvalue weighted by molar-refractivity contribution is 6.33. The number of amides is 1. The van der Waals surface area contributed by atoms with Crippen molar-refractivity contribution in [1.29, 1.82) is 0 Å². The van der Waals surface area contributed by atoms with Crippen molar-refractivity contribution in [3.8, 4) is 5.69 Å². The second kappa shape index (κ2) is 9.75. The monoisotopic (exact) mass is 556 g/mol. The number of fused-ring (bicyclic) bond motifs is 1. The minimum absolute atomic E-state index is 0.0898. The molecule has 0 bridgehead atoms. The molecule has 6 rings (SSSR count). The minimum Gasteiger partial charge on any atom is -0.372 e. The van der Waals surface area contributed by atoms with Gasteiger partial charge in [-0.2, -0.15) is 23.4 Å². The summed E-state index contributed by atoms with van der Waals surface area (Å²) in [5.41, 5.74) is 4.63. The van der Waals surface area contributed by atoms with E-state index in [2.05, 4.69) is 31.2 Å². The fourth-order valence-corrected chi connectivity index (χ4v) is 4.88. The van der Waals surface area contributed by atoms with Crippen molar-refractivity contribution in [3.63, 3.8) is 0 Å². The molecule has 2 aliphatic rings. The normalized spacial score (nSPS) is 16.9. The smallest absolute Gasteiger partial charge is 0.372 e. The van der Waals surface area contributed by atoms with Crippen molar-refractivity contribution < 1.29 is 22.7 Å². The van der Waals surface area contributed by atoms with Crippen LogP contribution in [0.5, 0.6) is 0 Å². The number of benzene rings is 1. The van der Waals surface area contributed by atoms with Crippen LogP contribution in [0.4, 0.5) is 24.7 Å².